The van der Waals surface area contributed by atoms with E-state index in [1.165, 1.54) is 42.5 Å². The Kier molecular flexibility index (Phi) is 3.81. The molecule has 0 spiro atoms. The van der Waals surface area contributed by atoms with Gasteiger partial charge in [-0.15, -0.1) is 0 Å². The van der Waals surface area contributed by atoms with E-state index in [0.29, 0.717) is 0 Å². The minimum atomic E-state index is -4.86. The molecule has 0 amide bonds. The highest BCUT2D eigenvalue weighted by molar-refractivity contribution is 7.85. The molecular formula is C19H12O8S. The third-order valence-electron chi connectivity index (χ3n) is 4.39. The lowest BCUT2D eigenvalue weighted by Crippen LogP contribution is -2.01. The van der Waals surface area contributed by atoms with Crippen molar-refractivity contribution in [2.45, 2.75) is 4.90 Å². The van der Waals surface area contributed by atoms with Crippen LogP contribution in [0.1, 0.15) is 0 Å². The van der Waals surface area contributed by atoms with Gasteiger partial charge in [0.25, 0.3) is 11.5 Å². The van der Waals surface area contributed by atoms with E-state index in [9.17, 15) is 33.4 Å². The molecule has 0 aliphatic rings. The van der Waals surface area contributed by atoms with Gasteiger partial charge in [0.15, 0.2) is 11.5 Å². The third-order valence-corrected chi connectivity index (χ3v) is 5.28. The molecule has 0 radical (unpaired) electrons. The average Bonchev–Trinajstić information content (AvgIpc) is 2.66. The Morgan fingerprint density at radius 3 is 1.75 bits per heavy atom. The molecular weight excluding hydrogens is 388 g/mol. The monoisotopic (exact) mass is 400 g/mol. The van der Waals surface area contributed by atoms with Crippen molar-refractivity contribution in [1.29, 1.82) is 0 Å². The highest BCUT2D eigenvalue weighted by Gasteiger charge is 2.29. The molecule has 4 rings (SSSR count). The van der Waals surface area contributed by atoms with Gasteiger partial charge in [0.2, 0.25) is 0 Å². The summed E-state index contributed by atoms with van der Waals surface area (Å²) < 4.78 is 40.9. The predicted molar refractivity (Wildman–Crippen MR) is 98.2 cm³/mol. The van der Waals surface area contributed by atoms with E-state index in [-0.39, 0.29) is 33.1 Å². The zero-order valence-electron chi connectivity index (χ0n) is 13.9. The number of fused-ring (bicyclic) bond motifs is 2. The maximum absolute atomic E-state index is 11.8. The summed E-state index contributed by atoms with van der Waals surface area (Å²) in [4.78, 5) is -0.510. The maximum atomic E-state index is 11.8. The number of hydrogen-bond donors (Lipinski definition) is 4. The van der Waals surface area contributed by atoms with Crippen molar-refractivity contribution in [2.75, 3.05) is 0 Å². The summed E-state index contributed by atoms with van der Waals surface area (Å²) >= 11 is 0. The van der Waals surface area contributed by atoms with Crippen molar-refractivity contribution in [3.05, 3.63) is 48.5 Å². The number of hydrogen-bond acceptors (Lipinski definition) is 7. The molecule has 9 heteroatoms. The molecule has 0 aliphatic carbocycles. The Labute approximate surface area is 157 Å². The molecule has 28 heavy (non-hydrogen) atoms. The second-order valence-electron chi connectivity index (χ2n) is 6.05. The average molecular weight is 400 g/mol. The van der Waals surface area contributed by atoms with Crippen LogP contribution in [0.5, 0.6) is 23.0 Å². The van der Waals surface area contributed by atoms with E-state index < -0.39 is 38.0 Å². The van der Waals surface area contributed by atoms with Crippen molar-refractivity contribution in [2.24, 2.45) is 0 Å². The van der Waals surface area contributed by atoms with E-state index >= 15 is 0 Å². The standard InChI is InChI=1S/C19H12O8S/c20-12-7-5-10-15(9-3-1-2-4-14(9)28(24,25)26)11-6-8-13(21)17(23)19(11)27-18(10)16(12)22/h1-8H,(H4-,20,21,22,23,24,25,26). The summed E-state index contributed by atoms with van der Waals surface area (Å²) in [5, 5.41) is 40.4. The van der Waals surface area contributed by atoms with Crippen LogP contribution < -0.4 is 0 Å². The molecule has 0 bridgehead atoms. The third kappa shape index (κ3) is 2.56. The lowest BCUT2D eigenvalue weighted by atomic mass is 9.96. The molecule has 0 saturated carbocycles. The summed E-state index contributed by atoms with van der Waals surface area (Å²) in [6, 6.07) is 10.5. The number of aromatic hydroxyl groups is 4. The van der Waals surface area contributed by atoms with Gasteiger partial charge in [-0.1, -0.05) is 18.2 Å². The highest BCUT2D eigenvalue weighted by atomic mass is 32.2. The first-order valence-corrected chi connectivity index (χ1v) is 9.31. The number of phenolic OH excluding ortho intramolecular Hbond substituents is 4. The van der Waals surface area contributed by atoms with E-state index in [1.54, 1.807) is 0 Å². The molecule has 4 N–H and O–H groups in total. The van der Waals surface area contributed by atoms with Crippen LogP contribution in [0.25, 0.3) is 33.1 Å². The first kappa shape index (κ1) is 17.8. The van der Waals surface area contributed by atoms with Crippen LogP contribution in [-0.2, 0) is 10.1 Å². The summed E-state index contributed by atoms with van der Waals surface area (Å²) in [5.74, 6) is -2.31. The van der Waals surface area contributed by atoms with E-state index in [2.05, 4.69) is 0 Å². The second-order valence-corrected chi connectivity index (χ2v) is 7.40. The van der Waals surface area contributed by atoms with E-state index in [0.717, 1.165) is 6.07 Å². The molecule has 8 nitrogen and oxygen atoms in total. The fraction of sp³-hybridized carbons (Fsp3) is 0. The smallest absolute Gasteiger partial charge is 0.406 e. The van der Waals surface area contributed by atoms with Gasteiger partial charge >= 0.3 is 11.2 Å². The SMILES string of the molecule is O=S(=O)([O-])c1ccccc1-c1c2ccc(O)c(O)c2[o+]c2c(O)c(O)ccc12. The minimum absolute atomic E-state index is 0.0125. The fourth-order valence-electron chi connectivity index (χ4n) is 3.15. The highest BCUT2D eigenvalue weighted by Crippen LogP contribution is 2.47. The first-order chi connectivity index (χ1) is 13.2. The zero-order valence-corrected chi connectivity index (χ0v) is 14.8. The molecule has 1 heterocycles. The second kappa shape index (κ2) is 5.98. The van der Waals surface area contributed by atoms with Gasteiger partial charge in [0.05, 0.1) is 15.7 Å². The first-order valence-electron chi connectivity index (χ1n) is 7.91. The summed E-state index contributed by atoms with van der Waals surface area (Å²) in [7, 11) is -4.86. The summed E-state index contributed by atoms with van der Waals surface area (Å²) in [5.41, 5.74) is -0.349. The van der Waals surface area contributed by atoms with Gasteiger partial charge in [-0.2, -0.15) is 4.42 Å². The molecule has 1 aromatic heterocycles. The van der Waals surface area contributed by atoms with Crippen LogP contribution in [0, 0.1) is 0 Å². The molecule has 4 aromatic rings. The summed E-state index contributed by atoms with van der Waals surface area (Å²) in [6.07, 6.45) is 0. The molecule has 0 fully saturated rings. The zero-order chi connectivity index (χ0) is 20.2. The predicted octanol–water partition coefficient (Wildman–Crippen LogP) is 3.26. The molecule has 0 unspecified atom stereocenters. The van der Waals surface area contributed by atoms with Gasteiger partial charge in [0, 0.05) is 11.1 Å². The van der Waals surface area contributed by atoms with Crippen LogP contribution >= 0.6 is 0 Å². The van der Waals surface area contributed by atoms with Gasteiger partial charge in [-0.05, 0) is 30.3 Å². The van der Waals surface area contributed by atoms with Crippen LogP contribution in [0.2, 0.25) is 0 Å². The maximum Gasteiger partial charge on any atom is 0.406 e. The van der Waals surface area contributed by atoms with Crippen molar-refractivity contribution >= 4 is 32.1 Å². The Bertz CT molecular complexity index is 1310. The van der Waals surface area contributed by atoms with Crippen molar-refractivity contribution < 1.29 is 37.8 Å². The van der Waals surface area contributed by atoms with Gasteiger partial charge in [0.1, 0.15) is 10.1 Å². The van der Waals surface area contributed by atoms with E-state index in [4.69, 9.17) is 4.42 Å². The normalized spacial score (nSPS) is 11.9. The van der Waals surface area contributed by atoms with Gasteiger partial charge < -0.3 is 25.0 Å². The largest absolute Gasteiger partial charge is 0.744 e. The Balaban J connectivity index is 2.32. The molecule has 0 aliphatic heterocycles. The van der Waals surface area contributed by atoms with Crippen LogP contribution in [0.3, 0.4) is 0 Å². The number of rotatable bonds is 2. The van der Waals surface area contributed by atoms with Crippen LogP contribution in [0.15, 0.2) is 57.8 Å². The van der Waals surface area contributed by atoms with Gasteiger partial charge in [-0.25, -0.2) is 8.42 Å². The lowest BCUT2D eigenvalue weighted by Gasteiger charge is -2.14. The molecule has 0 atom stereocenters. The molecule has 142 valence electrons. The van der Waals surface area contributed by atoms with Crippen molar-refractivity contribution in [1.82, 2.24) is 0 Å². The Hall–Kier alpha value is -3.56. The fourth-order valence-corrected chi connectivity index (χ4v) is 3.84. The molecule has 3 aromatic carbocycles. The topological polar surface area (TPSA) is 149 Å². The van der Waals surface area contributed by atoms with Crippen molar-refractivity contribution in [3.8, 4) is 34.1 Å². The summed E-state index contributed by atoms with van der Waals surface area (Å²) in [6.45, 7) is 0. The van der Waals surface area contributed by atoms with E-state index in [1.807, 2.05) is 0 Å². The number of phenols is 4. The minimum Gasteiger partial charge on any atom is -0.744 e. The van der Waals surface area contributed by atoms with Gasteiger partial charge in [-0.3, -0.25) is 0 Å². The van der Waals surface area contributed by atoms with Crippen molar-refractivity contribution in [3.63, 3.8) is 0 Å². The van der Waals surface area contributed by atoms with Crippen LogP contribution in [-0.4, -0.2) is 33.4 Å². The number of benzene rings is 3. The van der Waals surface area contributed by atoms with Crippen LogP contribution in [0.4, 0.5) is 0 Å². The molecule has 0 saturated heterocycles. The Morgan fingerprint density at radius 1 is 0.750 bits per heavy atom. The quantitative estimate of drug-likeness (QED) is 0.173. The Morgan fingerprint density at radius 2 is 1.25 bits per heavy atom. The lowest BCUT2D eigenvalue weighted by molar-refractivity contribution is 0.394.